The Morgan fingerprint density at radius 3 is 1.85 bits per heavy atom. The van der Waals surface area contributed by atoms with E-state index in [4.69, 9.17) is 18.9 Å². The lowest BCUT2D eigenvalue weighted by Crippen LogP contribution is -2.42. The molecule has 0 aliphatic heterocycles. The number of hydrogen-bond donors (Lipinski definition) is 9. The fourth-order valence-electron chi connectivity index (χ4n) is 5.64. The second kappa shape index (κ2) is 38.4. The van der Waals surface area contributed by atoms with Crippen molar-refractivity contribution >= 4 is 65.3 Å². The maximum absolute atomic E-state index is 12.4. The molecular formula is C43H72N8O13S. The van der Waals surface area contributed by atoms with E-state index in [2.05, 4.69) is 48.9 Å². The van der Waals surface area contributed by atoms with Gasteiger partial charge in [0.15, 0.2) is 0 Å². The standard InChI is InChI=1S/C43H72N8O13S/c1-4-18-45-34-13-11-33(12-14-34)42(58)48-19-6-5-8-35(29-52)50-41(57)31-64-27-25-62-23-21-47-38(54)17-15-36(43(59)60)51-39(55)16-10-32(2)49-40(56)30-63-26-24-61-22-20-46-37(53)9-7-28-65-44-3/h11-14,29,32,35-36,44-45H,4-10,15-28,30-31H2,1-3H3,(H,46,53)(H,47,54)(H,48,58)(H,49,56)(H,50,57)(H,51,55)(H,59,60). The minimum Gasteiger partial charge on any atom is -0.480 e. The number of aliphatic carboxylic acids is 1. The first-order chi connectivity index (χ1) is 31.4. The van der Waals surface area contributed by atoms with Crippen LogP contribution in [0.15, 0.2) is 24.3 Å². The molecule has 0 radical (unpaired) electrons. The van der Waals surface area contributed by atoms with Gasteiger partial charge >= 0.3 is 5.97 Å². The lowest BCUT2D eigenvalue weighted by Gasteiger charge is -2.17. The summed E-state index contributed by atoms with van der Waals surface area (Å²) in [7, 11) is 1.83. The quantitative estimate of drug-likeness (QED) is 0.0248. The summed E-state index contributed by atoms with van der Waals surface area (Å²) < 4.78 is 24.3. The predicted molar refractivity (Wildman–Crippen MR) is 245 cm³/mol. The Bertz CT molecular complexity index is 1540. The van der Waals surface area contributed by atoms with E-state index < -0.39 is 41.8 Å². The molecule has 3 atom stereocenters. The molecule has 0 fully saturated rings. The van der Waals surface area contributed by atoms with Crippen LogP contribution >= 0.6 is 11.9 Å². The van der Waals surface area contributed by atoms with Crippen molar-refractivity contribution in [3.8, 4) is 0 Å². The fourth-order valence-corrected chi connectivity index (χ4v) is 6.13. The summed E-state index contributed by atoms with van der Waals surface area (Å²) in [5.41, 5.74) is 1.51. The second-order valence-electron chi connectivity index (χ2n) is 14.8. The van der Waals surface area contributed by atoms with Gasteiger partial charge in [-0.15, -0.1) is 0 Å². The Kier molecular flexibility index (Phi) is 34.4. The van der Waals surface area contributed by atoms with Crippen molar-refractivity contribution in [2.24, 2.45) is 0 Å². The molecule has 9 N–H and O–H groups in total. The molecule has 0 spiro atoms. The molecule has 368 valence electrons. The van der Waals surface area contributed by atoms with Gasteiger partial charge in [-0.05, 0) is 83.2 Å². The molecule has 0 saturated heterocycles. The Morgan fingerprint density at radius 2 is 1.25 bits per heavy atom. The first-order valence-electron chi connectivity index (χ1n) is 22.2. The van der Waals surface area contributed by atoms with Crippen LogP contribution in [0, 0.1) is 0 Å². The molecule has 0 aromatic heterocycles. The highest BCUT2D eigenvalue weighted by Crippen LogP contribution is 2.10. The minimum atomic E-state index is -1.29. The summed E-state index contributed by atoms with van der Waals surface area (Å²) in [6.45, 7) is 6.18. The third-order valence-electron chi connectivity index (χ3n) is 9.11. The van der Waals surface area contributed by atoms with Gasteiger partial charge in [0.05, 0.1) is 45.7 Å². The zero-order valence-electron chi connectivity index (χ0n) is 38.1. The van der Waals surface area contributed by atoms with E-state index in [1.807, 2.05) is 19.2 Å². The molecule has 3 unspecified atom stereocenters. The summed E-state index contributed by atoms with van der Waals surface area (Å²) in [6.07, 6.45) is 4.41. The molecule has 0 bridgehead atoms. The van der Waals surface area contributed by atoms with Gasteiger partial charge in [-0.1, -0.05) is 18.9 Å². The van der Waals surface area contributed by atoms with Crippen LogP contribution in [0.5, 0.6) is 0 Å². The second-order valence-corrected chi connectivity index (χ2v) is 15.9. The zero-order valence-corrected chi connectivity index (χ0v) is 39.0. The summed E-state index contributed by atoms with van der Waals surface area (Å²) in [5, 5.41) is 28.8. The number of unbranched alkanes of at least 4 members (excludes halogenated alkanes) is 1. The van der Waals surface area contributed by atoms with E-state index in [9.17, 15) is 43.5 Å². The molecule has 0 heterocycles. The van der Waals surface area contributed by atoms with E-state index in [-0.39, 0.29) is 96.2 Å². The number of nitrogens with one attached hydrogen (secondary N) is 8. The van der Waals surface area contributed by atoms with Crippen LogP contribution in [0.4, 0.5) is 5.69 Å². The number of ether oxygens (including phenoxy) is 4. The van der Waals surface area contributed by atoms with Gasteiger partial charge < -0.3 is 66.1 Å². The van der Waals surface area contributed by atoms with Crippen molar-refractivity contribution in [1.29, 1.82) is 0 Å². The number of anilines is 1. The molecule has 0 saturated carbocycles. The number of aldehydes is 1. The number of amides is 6. The Labute approximate surface area is 386 Å². The summed E-state index contributed by atoms with van der Waals surface area (Å²) >= 11 is 1.55. The number of benzene rings is 1. The number of carboxylic acids is 1. The van der Waals surface area contributed by atoms with Crippen LogP contribution < -0.4 is 41.9 Å². The normalized spacial score (nSPS) is 12.2. The molecule has 1 aromatic carbocycles. The summed E-state index contributed by atoms with van der Waals surface area (Å²) in [5.74, 6) is -2.48. The molecule has 6 amide bonds. The van der Waals surface area contributed by atoms with Crippen LogP contribution in [0.2, 0.25) is 0 Å². The molecule has 22 heteroatoms. The minimum absolute atomic E-state index is 0.0366. The van der Waals surface area contributed by atoms with Crippen LogP contribution in [-0.4, -0.2) is 163 Å². The molecule has 1 rings (SSSR count). The van der Waals surface area contributed by atoms with Gasteiger partial charge in [-0.25, -0.2) is 4.79 Å². The average molecular weight is 941 g/mol. The lowest BCUT2D eigenvalue weighted by molar-refractivity contribution is -0.142. The van der Waals surface area contributed by atoms with Crippen molar-refractivity contribution in [2.45, 2.75) is 96.2 Å². The average Bonchev–Trinajstić information content (AvgIpc) is 3.28. The fraction of sp³-hybridized carbons (Fsp3) is 0.674. The van der Waals surface area contributed by atoms with Gasteiger partial charge in [-0.2, -0.15) is 0 Å². The number of hydrogen-bond acceptors (Lipinski definition) is 15. The molecular weight excluding hydrogens is 869 g/mol. The monoisotopic (exact) mass is 940 g/mol. The highest BCUT2D eigenvalue weighted by Gasteiger charge is 2.21. The van der Waals surface area contributed by atoms with Gasteiger partial charge in [0.25, 0.3) is 5.91 Å². The largest absolute Gasteiger partial charge is 0.480 e. The van der Waals surface area contributed by atoms with Crippen LogP contribution in [0.3, 0.4) is 0 Å². The van der Waals surface area contributed by atoms with Crippen LogP contribution in [0.1, 0.15) is 88.4 Å². The van der Waals surface area contributed by atoms with Crippen LogP contribution in [-0.2, 0) is 52.5 Å². The smallest absolute Gasteiger partial charge is 0.326 e. The molecule has 1 aromatic rings. The van der Waals surface area contributed by atoms with Crippen molar-refractivity contribution in [3.63, 3.8) is 0 Å². The van der Waals surface area contributed by atoms with Gasteiger partial charge in [-0.3, -0.25) is 33.5 Å². The first kappa shape index (κ1) is 58.1. The number of carbonyl (C=O) groups excluding carboxylic acids is 7. The van der Waals surface area contributed by atoms with Gasteiger partial charge in [0.2, 0.25) is 29.5 Å². The van der Waals surface area contributed by atoms with E-state index >= 15 is 0 Å². The molecule has 65 heavy (non-hydrogen) atoms. The van der Waals surface area contributed by atoms with Crippen molar-refractivity contribution < 1.29 is 62.4 Å². The first-order valence-corrected chi connectivity index (χ1v) is 23.2. The van der Waals surface area contributed by atoms with Crippen molar-refractivity contribution in [1.82, 2.24) is 36.6 Å². The SMILES string of the molecule is CCCNc1ccc(C(=O)NCCCCC(C=O)NC(=O)COCCOCCNC(=O)CCC(NC(=O)CCC(C)NC(=O)COCCOCCNC(=O)CCCSNC)C(=O)O)cc1. The van der Waals surface area contributed by atoms with Gasteiger partial charge in [0.1, 0.15) is 25.5 Å². The molecule has 21 nitrogen and oxygen atoms in total. The number of carboxylic acid groups (broad SMARTS) is 1. The van der Waals surface area contributed by atoms with E-state index in [1.165, 1.54) is 0 Å². The molecule has 0 aliphatic rings. The van der Waals surface area contributed by atoms with E-state index in [0.717, 1.165) is 30.8 Å². The maximum Gasteiger partial charge on any atom is 0.326 e. The Hall–Kier alpha value is -4.87. The zero-order chi connectivity index (χ0) is 47.9. The maximum atomic E-state index is 12.4. The Balaban J connectivity index is 2.08. The van der Waals surface area contributed by atoms with Crippen molar-refractivity contribution in [3.05, 3.63) is 29.8 Å². The highest BCUT2D eigenvalue weighted by atomic mass is 32.2. The summed E-state index contributed by atoms with van der Waals surface area (Å²) in [6, 6.07) is 4.87. The van der Waals surface area contributed by atoms with Gasteiger partial charge in [0, 0.05) is 68.5 Å². The number of carbonyl (C=O) groups is 8. The summed E-state index contributed by atoms with van der Waals surface area (Å²) in [4.78, 5) is 96.4. The van der Waals surface area contributed by atoms with E-state index in [1.54, 1.807) is 31.0 Å². The number of rotatable bonds is 41. The van der Waals surface area contributed by atoms with Crippen LogP contribution in [0.25, 0.3) is 0 Å². The van der Waals surface area contributed by atoms with Crippen molar-refractivity contribution in [2.75, 3.05) is 97.2 Å². The highest BCUT2D eigenvalue weighted by molar-refractivity contribution is 7.97. The third kappa shape index (κ3) is 32.4. The Morgan fingerprint density at radius 1 is 0.646 bits per heavy atom. The molecule has 0 aliphatic carbocycles. The topological polar surface area (TPSA) is 290 Å². The lowest BCUT2D eigenvalue weighted by atomic mass is 10.1. The van der Waals surface area contributed by atoms with E-state index in [0.29, 0.717) is 57.2 Å². The predicted octanol–water partition coefficient (Wildman–Crippen LogP) is 0.673. The third-order valence-corrected chi connectivity index (χ3v) is 9.89.